The summed E-state index contributed by atoms with van der Waals surface area (Å²) in [5.41, 5.74) is 4.07. The number of anilines is 1. The molecule has 90 valence electrons. The molecule has 2 N–H and O–H groups in total. The topological polar surface area (TPSA) is 48.1 Å². The number of alkyl halides is 5. The van der Waals surface area contributed by atoms with Crippen LogP contribution in [0.4, 0.5) is 27.8 Å². The van der Waals surface area contributed by atoms with Crippen molar-refractivity contribution in [3.8, 4) is 5.75 Å². The maximum atomic E-state index is 12.3. The van der Waals surface area contributed by atoms with Crippen LogP contribution >= 0.6 is 22.6 Å². The number of nitrogens with two attached hydrogens (primary N) is 1. The minimum Gasteiger partial charge on any atom is -0.404 e. The summed E-state index contributed by atoms with van der Waals surface area (Å²) in [6.45, 7) is 0. The normalized spacial score (nSPS) is 11.9. The fraction of sp³-hybridized carbons (Fsp3) is 0.286. The van der Waals surface area contributed by atoms with E-state index in [1.54, 1.807) is 22.6 Å². The van der Waals surface area contributed by atoms with Crippen molar-refractivity contribution >= 4 is 28.4 Å². The van der Waals surface area contributed by atoms with E-state index < -0.39 is 24.2 Å². The van der Waals surface area contributed by atoms with Gasteiger partial charge in [0.25, 0.3) is 6.43 Å². The standard InChI is InChI=1S/C7H4F5IN2O/c8-5(9)4-3(16-7(10,11)12)1-2(13)6(14)15-4/h1,5H,(H2,14,15). The molecule has 0 amide bonds. The first kappa shape index (κ1) is 13.2. The molecule has 1 aromatic heterocycles. The SMILES string of the molecule is Nc1nc(C(F)F)c(OC(F)(F)F)cc1I. The van der Waals surface area contributed by atoms with Crippen molar-refractivity contribution in [3.63, 3.8) is 0 Å². The Kier molecular flexibility index (Phi) is 3.76. The summed E-state index contributed by atoms with van der Waals surface area (Å²) in [5, 5.41) is 0. The molecule has 1 heterocycles. The largest absolute Gasteiger partial charge is 0.573 e. The van der Waals surface area contributed by atoms with Crippen molar-refractivity contribution in [3.05, 3.63) is 15.3 Å². The lowest BCUT2D eigenvalue weighted by Crippen LogP contribution is -2.19. The van der Waals surface area contributed by atoms with Crippen molar-refractivity contribution in [2.45, 2.75) is 12.8 Å². The van der Waals surface area contributed by atoms with Crippen LogP contribution < -0.4 is 10.5 Å². The van der Waals surface area contributed by atoms with E-state index in [1.165, 1.54) is 0 Å². The average Bonchev–Trinajstić information content (AvgIpc) is 2.07. The lowest BCUT2D eigenvalue weighted by Gasteiger charge is -2.13. The summed E-state index contributed by atoms with van der Waals surface area (Å²) in [4.78, 5) is 3.15. The molecule has 0 aliphatic carbocycles. The van der Waals surface area contributed by atoms with Gasteiger partial charge in [0.2, 0.25) is 0 Å². The number of hydrogen-bond donors (Lipinski definition) is 1. The van der Waals surface area contributed by atoms with Gasteiger partial charge >= 0.3 is 6.36 Å². The van der Waals surface area contributed by atoms with E-state index in [0.29, 0.717) is 0 Å². The van der Waals surface area contributed by atoms with Gasteiger partial charge in [-0.25, -0.2) is 13.8 Å². The summed E-state index contributed by atoms with van der Waals surface area (Å²) in [7, 11) is 0. The van der Waals surface area contributed by atoms with Gasteiger partial charge in [-0.1, -0.05) is 0 Å². The molecule has 16 heavy (non-hydrogen) atoms. The highest BCUT2D eigenvalue weighted by atomic mass is 127. The Morgan fingerprint density at radius 1 is 1.38 bits per heavy atom. The number of ether oxygens (including phenoxy) is 1. The van der Waals surface area contributed by atoms with E-state index in [-0.39, 0.29) is 9.39 Å². The molecule has 3 nitrogen and oxygen atoms in total. The molecule has 0 aliphatic heterocycles. The molecule has 0 saturated heterocycles. The van der Waals surface area contributed by atoms with Gasteiger partial charge < -0.3 is 10.5 Å². The van der Waals surface area contributed by atoms with Gasteiger partial charge in [0.15, 0.2) is 11.4 Å². The minimum absolute atomic E-state index is 0.0984. The summed E-state index contributed by atoms with van der Waals surface area (Å²) in [5.74, 6) is -1.31. The van der Waals surface area contributed by atoms with Crippen LogP contribution in [0.1, 0.15) is 12.1 Å². The third kappa shape index (κ3) is 3.32. The van der Waals surface area contributed by atoms with Crippen LogP contribution in [0.2, 0.25) is 0 Å². The smallest absolute Gasteiger partial charge is 0.404 e. The molecule has 1 rings (SSSR count). The number of halogens is 6. The van der Waals surface area contributed by atoms with E-state index in [9.17, 15) is 22.0 Å². The minimum atomic E-state index is -5.05. The first-order valence-corrected chi connectivity index (χ1v) is 4.78. The highest BCUT2D eigenvalue weighted by Gasteiger charge is 2.34. The van der Waals surface area contributed by atoms with Crippen LogP contribution in [0.5, 0.6) is 5.75 Å². The number of nitrogens with zero attached hydrogens (tertiary/aromatic N) is 1. The van der Waals surface area contributed by atoms with E-state index in [0.717, 1.165) is 6.07 Å². The van der Waals surface area contributed by atoms with Gasteiger partial charge in [-0.05, 0) is 28.7 Å². The summed E-state index contributed by atoms with van der Waals surface area (Å²) < 4.78 is 63.9. The molecule has 0 aromatic carbocycles. The highest BCUT2D eigenvalue weighted by molar-refractivity contribution is 14.1. The van der Waals surface area contributed by atoms with E-state index in [4.69, 9.17) is 5.73 Å². The monoisotopic (exact) mass is 354 g/mol. The molecule has 0 bridgehead atoms. The fourth-order valence-corrected chi connectivity index (χ4v) is 1.27. The molecule has 0 fully saturated rings. The van der Waals surface area contributed by atoms with Gasteiger partial charge in [-0.2, -0.15) is 0 Å². The lowest BCUT2D eigenvalue weighted by molar-refractivity contribution is -0.275. The second-order valence-corrected chi connectivity index (χ2v) is 3.75. The van der Waals surface area contributed by atoms with Gasteiger partial charge in [0, 0.05) is 0 Å². The molecule has 0 unspecified atom stereocenters. The number of rotatable bonds is 2. The van der Waals surface area contributed by atoms with Crippen molar-refractivity contribution in [1.82, 2.24) is 4.98 Å². The Morgan fingerprint density at radius 2 is 1.94 bits per heavy atom. The molecule has 0 radical (unpaired) electrons. The number of pyridine rings is 1. The molecule has 0 atom stereocenters. The molecular weight excluding hydrogens is 350 g/mol. The van der Waals surface area contributed by atoms with Crippen LogP contribution in [-0.4, -0.2) is 11.3 Å². The van der Waals surface area contributed by atoms with Crippen LogP contribution in [0.3, 0.4) is 0 Å². The quantitative estimate of drug-likeness (QED) is 0.656. The van der Waals surface area contributed by atoms with Crippen LogP contribution in [-0.2, 0) is 0 Å². The molecule has 0 spiro atoms. The molecule has 9 heteroatoms. The molecule has 0 saturated carbocycles. The predicted octanol–water partition coefficient (Wildman–Crippen LogP) is 3.10. The summed E-state index contributed by atoms with van der Waals surface area (Å²) >= 11 is 1.56. The third-order valence-electron chi connectivity index (χ3n) is 1.43. The van der Waals surface area contributed by atoms with Crippen LogP contribution in [0, 0.1) is 3.57 Å². The van der Waals surface area contributed by atoms with Crippen LogP contribution in [0.25, 0.3) is 0 Å². The molecule has 1 aromatic rings. The third-order valence-corrected chi connectivity index (χ3v) is 2.29. The predicted molar refractivity (Wildman–Crippen MR) is 53.0 cm³/mol. The zero-order valence-electron chi connectivity index (χ0n) is 7.36. The zero-order valence-corrected chi connectivity index (χ0v) is 9.51. The van der Waals surface area contributed by atoms with Gasteiger partial charge in [0.05, 0.1) is 3.57 Å². The van der Waals surface area contributed by atoms with Gasteiger partial charge in [-0.3, -0.25) is 0 Å². The number of aromatic nitrogens is 1. The van der Waals surface area contributed by atoms with Gasteiger partial charge in [-0.15, -0.1) is 13.2 Å². The maximum Gasteiger partial charge on any atom is 0.573 e. The maximum absolute atomic E-state index is 12.3. The average molecular weight is 354 g/mol. The van der Waals surface area contributed by atoms with E-state index in [2.05, 4.69) is 9.72 Å². The van der Waals surface area contributed by atoms with E-state index in [1.807, 2.05) is 0 Å². The van der Waals surface area contributed by atoms with Crippen molar-refractivity contribution in [2.24, 2.45) is 0 Å². The summed E-state index contributed by atoms with van der Waals surface area (Å²) in [6.07, 6.45) is -8.25. The van der Waals surface area contributed by atoms with Gasteiger partial charge in [0.1, 0.15) is 5.82 Å². The van der Waals surface area contributed by atoms with Crippen LogP contribution in [0.15, 0.2) is 6.07 Å². The lowest BCUT2D eigenvalue weighted by atomic mass is 10.3. The molecular formula is C7H4F5IN2O. The Labute approximate surface area is 99.9 Å². The highest BCUT2D eigenvalue weighted by Crippen LogP contribution is 2.34. The van der Waals surface area contributed by atoms with E-state index >= 15 is 0 Å². The number of hydrogen-bond acceptors (Lipinski definition) is 3. The Hall–Kier alpha value is -0.870. The zero-order chi connectivity index (χ0) is 12.5. The first-order chi connectivity index (χ1) is 7.20. The summed E-state index contributed by atoms with van der Waals surface area (Å²) in [6, 6.07) is 0.762. The van der Waals surface area contributed by atoms with Crippen molar-refractivity contribution in [2.75, 3.05) is 5.73 Å². The Morgan fingerprint density at radius 3 is 2.38 bits per heavy atom. The Balaban J connectivity index is 3.20. The van der Waals surface area contributed by atoms with Crippen molar-refractivity contribution < 1.29 is 26.7 Å². The fourth-order valence-electron chi connectivity index (χ4n) is 0.864. The van der Waals surface area contributed by atoms with Crippen molar-refractivity contribution in [1.29, 1.82) is 0 Å². The molecule has 0 aliphatic rings. The second kappa shape index (κ2) is 4.55. The number of nitrogen functional groups attached to an aromatic ring is 1. The Bertz CT molecular complexity index is 395. The first-order valence-electron chi connectivity index (χ1n) is 3.70. The second-order valence-electron chi connectivity index (χ2n) is 2.59.